The number of amides is 1. The van der Waals surface area contributed by atoms with Gasteiger partial charge in [-0.25, -0.2) is 0 Å². The number of nitrogens with one attached hydrogen (secondary N) is 1. The lowest BCUT2D eigenvalue weighted by atomic mass is 10.1. The summed E-state index contributed by atoms with van der Waals surface area (Å²) in [6.45, 7) is 4.88. The van der Waals surface area contributed by atoms with Crippen LogP contribution in [-0.2, 0) is 4.79 Å². The Morgan fingerprint density at radius 2 is 1.82 bits per heavy atom. The number of hydrogen-bond donors (Lipinski definition) is 2. The third-order valence-electron chi connectivity index (χ3n) is 3.75. The molecule has 0 aromatic heterocycles. The molecule has 1 aromatic rings. The number of aromatic hydroxyl groups is 1. The lowest BCUT2D eigenvalue weighted by Gasteiger charge is -2.03. The molecule has 1 rings (SSSR count). The van der Waals surface area contributed by atoms with Gasteiger partial charge in [0.25, 0.3) is 0 Å². The Bertz CT molecular complexity index is 480. The highest BCUT2D eigenvalue weighted by atomic mass is 16.3. The molecule has 122 valence electrons. The molecular weight excluding hydrogens is 274 g/mol. The fraction of sp³-hybridized carbons (Fsp3) is 0.526. The first-order chi connectivity index (χ1) is 10.6. The van der Waals surface area contributed by atoms with Gasteiger partial charge in [0.05, 0.1) is 0 Å². The van der Waals surface area contributed by atoms with E-state index in [0.29, 0.717) is 0 Å². The Labute approximate surface area is 134 Å². The van der Waals surface area contributed by atoms with E-state index in [1.165, 1.54) is 38.5 Å². The molecule has 0 aliphatic rings. The van der Waals surface area contributed by atoms with Gasteiger partial charge in [-0.3, -0.25) is 4.79 Å². The van der Waals surface area contributed by atoms with Crippen LogP contribution in [0.4, 0.5) is 0 Å². The molecule has 2 N–H and O–H groups in total. The molecule has 0 heterocycles. The molecule has 0 aliphatic carbocycles. The van der Waals surface area contributed by atoms with E-state index >= 15 is 0 Å². The zero-order valence-corrected chi connectivity index (χ0v) is 13.9. The molecule has 0 aliphatic heterocycles. The molecule has 0 radical (unpaired) electrons. The van der Waals surface area contributed by atoms with E-state index in [9.17, 15) is 9.90 Å². The molecule has 3 heteroatoms. The summed E-state index contributed by atoms with van der Waals surface area (Å²) in [7, 11) is 0. The van der Waals surface area contributed by atoms with Crippen molar-refractivity contribution >= 4 is 12.0 Å². The summed E-state index contributed by atoms with van der Waals surface area (Å²) in [6, 6.07) is 5.13. The Morgan fingerprint density at radius 1 is 1.14 bits per heavy atom. The van der Waals surface area contributed by atoms with Crippen molar-refractivity contribution in [2.75, 3.05) is 6.54 Å². The van der Waals surface area contributed by atoms with E-state index in [1.807, 2.05) is 13.0 Å². The van der Waals surface area contributed by atoms with Gasteiger partial charge in [0, 0.05) is 12.6 Å². The van der Waals surface area contributed by atoms with Crippen LogP contribution in [0.1, 0.15) is 63.0 Å². The molecule has 1 amide bonds. The largest absolute Gasteiger partial charge is 0.508 e. The van der Waals surface area contributed by atoms with Crippen LogP contribution < -0.4 is 5.32 Å². The van der Waals surface area contributed by atoms with E-state index in [-0.39, 0.29) is 11.7 Å². The van der Waals surface area contributed by atoms with Gasteiger partial charge in [0.15, 0.2) is 0 Å². The Balaban J connectivity index is 2.16. The van der Waals surface area contributed by atoms with Crippen LogP contribution in [-0.4, -0.2) is 17.6 Å². The number of carbonyl (C=O) groups excluding carboxylic acids is 1. The van der Waals surface area contributed by atoms with Gasteiger partial charge < -0.3 is 10.4 Å². The van der Waals surface area contributed by atoms with Gasteiger partial charge in [-0.05, 0) is 42.7 Å². The van der Waals surface area contributed by atoms with Crippen molar-refractivity contribution in [1.82, 2.24) is 5.32 Å². The van der Waals surface area contributed by atoms with Crippen molar-refractivity contribution in [2.24, 2.45) is 0 Å². The second-order valence-electron chi connectivity index (χ2n) is 5.79. The second kappa shape index (κ2) is 10.9. The molecule has 3 nitrogen and oxygen atoms in total. The number of benzene rings is 1. The topological polar surface area (TPSA) is 49.3 Å². The van der Waals surface area contributed by atoms with Gasteiger partial charge in [0.1, 0.15) is 5.75 Å². The number of phenols is 1. The van der Waals surface area contributed by atoms with Crippen molar-refractivity contribution in [3.05, 3.63) is 35.4 Å². The summed E-state index contributed by atoms with van der Waals surface area (Å²) in [6.07, 6.45) is 12.1. The summed E-state index contributed by atoms with van der Waals surface area (Å²) < 4.78 is 0. The quantitative estimate of drug-likeness (QED) is 0.491. The minimum Gasteiger partial charge on any atom is -0.508 e. The number of hydrogen-bond acceptors (Lipinski definition) is 2. The molecule has 0 unspecified atom stereocenters. The summed E-state index contributed by atoms with van der Waals surface area (Å²) in [5.74, 6) is 0.191. The van der Waals surface area contributed by atoms with Gasteiger partial charge >= 0.3 is 0 Å². The third-order valence-corrected chi connectivity index (χ3v) is 3.75. The smallest absolute Gasteiger partial charge is 0.243 e. The fourth-order valence-electron chi connectivity index (χ4n) is 2.36. The number of aryl methyl sites for hydroxylation is 1. The Hall–Kier alpha value is -1.77. The van der Waals surface area contributed by atoms with Crippen molar-refractivity contribution in [2.45, 2.75) is 58.8 Å². The van der Waals surface area contributed by atoms with Gasteiger partial charge in [-0.2, -0.15) is 0 Å². The molecule has 0 spiro atoms. The lowest BCUT2D eigenvalue weighted by molar-refractivity contribution is -0.116. The van der Waals surface area contributed by atoms with E-state index in [0.717, 1.165) is 24.1 Å². The minimum atomic E-state index is -0.0570. The van der Waals surface area contributed by atoms with Gasteiger partial charge in [-0.15, -0.1) is 0 Å². The monoisotopic (exact) mass is 303 g/mol. The summed E-state index contributed by atoms with van der Waals surface area (Å²) in [5.41, 5.74) is 1.90. The molecule has 0 fully saturated rings. The van der Waals surface area contributed by atoms with E-state index in [4.69, 9.17) is 0 Å². The summed E-state index contributed by atoms with van der Waals surface area (Å²) in [5, 5.41) is 12.3. The predicted octanol–water partition coefficient (Wildman–Crippen LogP) is 4.58. The maximum absolute atomic E-state index is 11.7. The van der Waals surface area contributed by atoms with Crippen LogP contribution in [0.15, 0.2) is 24.3 Å². The first-order valence-corrected chi connectivity index (χ1v) is 8.39. The number of phenolic OH excluding ortho intramolecular Hbond substituents is 1. The highest BCUT2D eigenvalue weighted by Gasteiger charge is 1.98. The van der Waals surface area contributed by atoms with Crippen molar-refractivity contribution < 1.29 is 9.90 Å². The zero-order valence-electron chi connectivity index (χ0n) is 13.9. The third kappa shape index (κ3) is 7.87. The molecular formula is C19H29NO2. The van der Waals surface area contributed by atoms with Crippen LogP contribution >= 0.6 is 0 Å². The molecule has 1 aromatic carbocycles. The number of unbranched alkanes of at least 4 members (excludes halogenated alkanes) is 6. The van der Waals surface area contributed by atoms with E-state index in [2.05, 4.69) is 12.2 Å². The number of rotatable bonds is 10. The van der Waals surface area contributed by atoms with Crippen molar-refractivity contribution in [3.8, 4) is 5.75 Å². The van der Waals surface area contributed by atoms with Crippen LogP contribution in [0.2, 0.25) is 0 Å². The maximum atomic E-state index is 11.7. The van der Waals surface area contributed by atoms with Crippen LogP contribution in [0.25, 0.3) is 6.08 Å². The summed E-state index contributed by atoms with van der Waals surface area (Å²) in [4.78, 5) is 11.7. The van der Waals surface area contributed by atoms with Gasteiger partial charge in [-0.1, -0.05) is 51.5 Å². The van der Waals surface area contributed by atoms with Crippen molar-refractivity contribution in [3.63, 3.8) is 0 Å². The second-order valence-corrected chi connectivity index (χ2v) is 5.79. The maximum Gasteiger partial charge on any atom is 0.243 e. The highest BCUT2D eigenvalue weighted by molar-refractivity contribution is 5.91. The summed E-state index contributed by atoms with van der Waals surface area (Å²) >= 11 is 0. The zero-order chi connectivity index (χ0) is 16.2. The molecule has 0 atom stereocenters. The Kier molecular flexibility index (Phi) is 9.04. The van der Waals surface area contributed by atoms with Crippen LogP contribution in [0.3, 0.4) is 0 Å². The Morgan fingerprint density at radius 3 is 2.50 bits per heavy atom. The SMILES string of the molecule is CCCCCCCCCNC(=O)/C=C/c1ccc(O)cc1C. The molecule has 0 bridgehead atoms. The molecule has 0 saturated carbocycles. The normalized spacial score (nSPS) is 11.0. The van der Waals surface area contributed by atoms with E-state index < -0.39 is 0 Å². The van der Waals surface area contributed by atoms with Gasteiger partial charge in [0.2, 0.25) is 5.91 Å². The van der Waals surface area contributed by atoms with Crippen molar-refractivity contribution in [1.29, 1.82) is 0 Å². The minimum absolute atomic E-state index is 0.0570. The number of carbonyl (C=O) groups is 1. The van der Waals surface area contributed by atoms with E-state index in [1.54, 1.807) is 24.3 Å². The lowest BCUT2D eigenvalue weighted by Crippen LogP contribution is -2.21. The highest BCUT2D eigenvalue weighted by Crippen LogP contribution is 2.16. The molecule has 22 heavy (non-hydrogen) atoms. The average molecular weight is 303 g/mol. The first kappa shape index (κ1) is 18.3. The van der Waals surface area contributed by atoms with Crippen LogP contribution in [0, 0.1) is 6.92 Å². The fourth-order valence-corrected chi connectivity index (χ4v) is 2.36. The standard InChI is InChI=1S/C19H29NO2/c1-3-4-5-6-7-8-9-14-20-19(22)13-11-17-10-12-18(21)15-16(17)2/h10-13,15,21H,3-9,14H2,1-2H3,(H,20,22)/b13-11+. The predicted molar refractivity (Wildman–Crippen MR) is 92.9 cm³/mol. The van der Waals surface area contributed by atoms with Crippen LogP contribution in [0.5, 0.6) is 5.75 Å². The first-order valence-electron chi connectivity index (χ1n) is 8.39. The average Bonchev–Trinajstić information content (AvgIpc) is 2.49. The molecule has 0 saturated heterocycles.